The van der Waals surface area contributed by atoms with Gasteiger partial charge in [-0.05, 0) is 26.0 Å². The molecule has 0 heterocycles. The highest BCUT2D eigenvalue weighted by molar-refractivity contribution is 5.67. The summed E-state index contributed by atoms with van der Waals surface area (Å²) in [4.78, 5) is 10.2. The molecule has 0 aromatic heterocycles. The van der Waals surface area contributed by atoms with Crippen LogP contribution in [0, 0.1) is 10.1 Å². The van der Waals surface area contributed by atoms with Crippen molar-refractivity contribution in [2.45, 2.75) is 13.8 Å². The fraction of sp³-hybridized carbons (Fsp3) is 0.250. The third-order valence-electron chi connectivity index (χ3n) is 3.02. The highest BCUT2D eigenvalue weighted by Gasteiger charge is 2.10. The Morgan fingerprint density at radius 3 is 2.25 bits per heavy atom. The Labute approximate surface area is 139 Å². The van der Waals surface area contributed by atoms with Crippen molar-refractivity contribution in [1.82, 2.24) is 0 Å². The predicted molar refractivity (Wildman–Crippen MR) is 90.5 cm³/mol. The van der Waals surface area contributed by atoms with Crippen LogP contribution in [0.4, 0.5) is 22.7 Å². The monoisotopic (exact) mass is 330 g/mol. The highest BCUT2D eigenvalue weighted by Crippen LogP contribution is 2.37. The number of anilines is 1. The van der Waals surface area contributed by atoms with E-state index in [4.69, 9.17) is 15.2 Å². The molecule has 2 aromatic rings. The van der Waals surface area contributed by atoms with E-state index in [1.807, 2.05) is 13.8 Å². The number of nitrogen functional groups attached to an aromatic ring is 1. The molecule has 0 atom stereocenters. The average molecular weight is 330 g/mol. The number of nitro benzene ring substituents is 1. The second kappa shape index (κ2) is 7.91. The molecule has 0 bridgehead atoms. The Morgan fingerprint density at radius 1 is 1.04 bits per heavy atom. The first-order valence-corrected chi connectivity index (χ1v) is 7.40. The molecule has 0 aliphatic heterocycles. The van der Waals surface area contributed by atoms with Crippen molar-refractivity contribution in [2.24, 2.45) is 10.2 Å². The van der Waals surface area contributed by atoms with Crippen LogP contribution in [-0.2, 0) is 0 Å². The molecule has 0 aliphatic carbocycles. The van der Waals surface area contributed by atoms with E-state index in [-0.39, 0.29) is 5.69 Å². The molecule has 2 N–H and O–H groups in total. The molecule has 0 amide bonds. The Morgan fingerprint density at radius 2 is 1.67 bits per heavy atom. The van der Waals surface area contributed by atoms with E-state index >= 15 is 0 Å². The topological polar surface area (TPSA) is 112 Å². The zero-order valence-corrected chi connectivity index (χ0v) is 13.4. The van der Waals surface area contributed by atoms with Gasteiger partial charge < -0.3 is 15.2 Å². The average Bonchev–Trinajstić information content (AvgIpc) is 2.57. The molecule has 24 heavy (non-hydrogen) atoms. The lowest BCUT2D eigenvalue weighted by molar-refractivity contribution is -0.384. The maximum atomic E-state index is 10.6. The van der Waals surface area contributed by atoms with E-state index in [1.54, 1.807) is 12.1 Å². The van der Waals surface area contributed by atoms with Gasteiger partial charge in [-0.15, -0.1) is 5.11 Å². The first-order chi connectivity index (χ1) is 11.5. The number of nitrogens with zero attached hydrogens (tertiary/aromatic N) is 3. The van der Waals surface area contributed by atoms with Crippen molar-refractivity contribution in [3.8, 4) is 11.5 Å². The minimum Gasteiger partial charge on any atom is -0.492 e. The van der Waals surface area contributed by atoms with Crippen LogP contribution in [0.1, 0.15) is 13.8 Å². The summed E-state index contributed by atoms with van der Waals surface area (Å²) >= 11 is 0. The lowest BCUT2D eigenvalue weighted by Crippen LogP contribution is -1.99. The van der Waals surface area contributed by atoms with E-state index in [0.29, 0.717) is 41.8 Å². The second-order valence-corrected chi connectivity index (χ2v) is 4.70. The molecule has 0 radical (unpaired) electrons. The molecule has 0 fully saturated rings. The third kappa shape index (κ3) is 4.19. The van der Waals surface area contributed by atoms with E-state index in [2.05, 4.69) is 10.2 Å². The van der Waals surface area contributed by atoms with Gasteiger partial charge >= 0.3 is 0 Å². The van der Waals surface area contributed by atoms with Gasteiger partial charge in [0.2, 0.25) is 0 Å². The standard InChI is InChI=1S/C16H18N4O4/c1-3-23-15-10-14(16(24-4-2)9-13(15)17)19-18-11-5-7-12(8-6-11)20(21)22/h5-10H,3-4,17H2,1-2H3/b19-18+. The van der Waals surface area contributed by atoms with Gasteiger partial charge in [-0.3, -0.25) is 10.1 Å². The molecule has 0 spiro atoms. The van der Waals surface area contributed by atoms with Crippen molar-refractivity contribution in [3.05, 3.63) is 46.5 Å². The van der Waals surface area contributed by atoms with Gasteiger partial charge in [-0.25, -0.2) is 0 Å². The minimum atomic E-state index is -0.470. The summed E-state index contributed by atoms with van der Waals surface area (Å²) < 4.78 is 11.0. The zero-order chi connectivity index (χ0) is 17.5. The molecule has 2 aromatic carbocycles. The predicted octanol–water partition coefficient (Wildman–Crippen LogP) is 4.39. The lowest BCUT2D eigenvalue weighted by atomic mass is 10.2. The summed E-state index contributed by atoms with van der Waals surface area (Å²) in [6.45, 7) is 4.63. The summed E-state index contributed by atoms with van der Waals surface area (Å²) in [7, 11) is 0. The first-order valence-electron chi connectivity index (χ1n) is 7.40. The van der Waals surface area contributed by atoms with Crippen molar-refractivity contribution < 1.29 is 14.4 Å². The lowest BCUT2D eigenvalue weighted by Gasteiger charge is -2.11. The van der Waals surface area contributed by atoms with E-state index in [1.165, 1.54) is 24.3 Å². The number of benzene rings is 2. The largest absolute Gasteiger partial charge is 0.492 e. The van der Waals surface area contributed by atoms with Crippen LogP contribution < -0.4 is 15.2 Å². The van der Waals surface area contributed by atoms with Gasteiger partial charge in [0.1, 0.15) is 17.2 Å². The summed E-state index contributed by atoms with van der Waals surface area (Å²) in [5.41, 5.74) is 7.32. The maximum absolute atomic E-state index is 10.6. The molecular weight excluding hydrogens is 312 g/mol. The molecule has 126 valence electrons. The fourth-order valence-corrected chi connectivity index (χ4v) is 1.95. The van der Waals surface area contributed by atoms with Crippen LogP contribution in [0.3, 0.4) is 0 Å². The Kier molecular flexibility index (Phi) is 5.67. The minimum absolute atomic E-state index is 0.00456. The Hall–Kier alpha value is -3.16. The zero-order valence-electron chi connectivity index (χ0n) is 13.4. The molecule has 0 saturated carbocycles. The van der Waals surface area contributed by atoms with Crippen molar-refractivity contribution >= 4 is 22.7 Å². The summed E-state index contributed by atoms with van der Waals surface area (Å²) in [5.74, 6) is 0.989. The van der Waals surface area contributed by atoms with Gasteiger partial charge in [0.25, 0.3) is 5.69 Å². The number of nitro groups is 1. The normalized spacial score (nSPS) is 10.8. The van der Waals surface area contributed by atoms with Gasteiger partial charge in [0.15, 0.2) is 0 Å². The third-order valence-corrected chi connectivity index (χ3v) is 3.02. The number of hydrogen-bond acceptors (Lipinski definition) is 7. The van der Waals surface area contributed by atoms with Crippen LogP contribution >= 0.6 is 0 Å². The number of ether oxygens (including phenoxy) is 2. The SMILES string of the molecule is CCOc1cc(/N=N/c2ccc([N+](=O)[O-])cc2)c(OCC)cc1N. The molecular formula is C16H18N4O4. The summed E-state index contributed by atoms with van der Waals surface area (Å²) in [6, 6.07) is 9.06. The van der Waals surface area contributed by atoms with Gasteiger partial charge in [0.05, 0.1) is 29.5 Å². The molecule has 0 saturated heterocycles. The van der Waals surface area contributed by atoms with E-state index in [0.717, 1.165) is 0 Å². The number of hydrogen-bond donors (Lipinski definition) is 1. The number of nitrogens with two attached hydrogens (primary N) is 1. The Bertz CT molecular complexity index is 744. The molecule has 8 heteroatoms. The Balaban J connectivity index is 2.31. The smallest absolute Gasteiger partial charge is 0.269 e. The van der Waals surface area contributed by atoms with Crippen LogP contribution in [0.15, 0.2) is 46.6 Å². The summed E-state index contributed by atoms with van der Waals surface area (Å²) in [5, 5.41) is 18.9. The molecule has 0 aliphatic rings. The van der Waals surface area contributed by atoms with Crippen LogP contribution in [0.2, 0.25) is 0 Å². The fourth-order valence-electron chi connectivity index (χ4n) is 1.95. The van der Waals surface area contributed by atoms with Gasteiger partial charge in [0, 0.05) is 24.3 Å². The van der Waals surface area contributed by atoms with Crippen LogP contribution in [-0.4, -0.2) is 18.1 Å². The first kappa shape index (κ1) is 17.2. The number of azo groups is 1. The van der Waals surface area contributed by atoms with Crippen molar-refractivity contribution in [1.29, 1.82) is 0 Å². The van der Waals surface area contributed by atoms with E-state index < -0.39 is 4.92 Å². The molecule has 0 unspecified atom stereocenters. The molecule has 8 nitrogen and oxygen atoms in total. The maximum Gasteiger partial charge on any atom is 0.269 e. The van der Waals surface area contributed by atoms with Crippen molar-refractivity contribution in [2.75, 3.05) is 18.9 Å². The van der Waals surface area contributed by atoms with Crippen LogP contribution in [0.5, 0.6) is 11.5 Å². The van der Waals surface area contributed by atoms with Crippen LogP contribution in [0.25, 0.3) is 0 Å². The molecule has 2 rings (SSSR count). The number of non-ortho nitro benzene ring substituents is 1. The highest BCUT2D eigenvalue weighted by atomic mass is 16.6. The number of rotatable bonds is 7. The van der Waals surface area contributed by atoms with Crippen molar-refractivity contribution in [3.63, 3.8) is 0 Å². The quantitative estimate of drug-likeness (QED) is 0.350. The second-order valence-electron chi connectivity index (χ2n) is 4.70. The summed E-state index contributed by atoms with van der Waals surface area (Å²) in [6.07, 6.45) is 0. The van der Waals surface area contributed by atoms with Gasteiger partial charge in [-0.1, -0.05) is 0 Å². The van der Waals surface area contributed by atoms with Gasteiger partial charge in [-0.2, -0.15) is 5.11 Å². The van der Waals surface area contributed by atoms with E-state index in [9.17, 15) is 10.1 Å².